The number of rotatable bonds is 7. The number of carbonyl (C=O) groups excluding carboxylic acids is 1. The summed E-state index contributed by atoms with van der Waals surface area (Å²) in [5.74, 6) is -0.218. The summed E-state index contributed by atoms with van der Waals surface area (Å²) in [7, 11) is 0. The Balaban J connectivity index is 2.40. The van der Waals surface area contributed by atoms with Crippen LogP contribution in [-0.2, 0) is 0 Å². The maximum Gasteiger partial charge on any atom is 0.273 e. The van der Waals surface area contributed by atoms with Crippen molar-refractivity contribution in [2.24, 2.45) is 0 Å². The van der Waals surface area contributed by atoms with E-state index in [0.717, 1.165) is 31.7 Å². The maximum atomic E-state index is 11.8. The van der Waals surface area contributed by atoms with Crippen LogP contribution >= 0.6 is 0 Å². The van der Waals surface area contributed by atoms with Crippen LogP contribution in [0.15, 0.2) is 0 Å². The van der Waals surface area contributed by atoms with Crippen molar-refractivity contribution in [2.75, 3.05) is 31.9 Å². The zero-order chi connectivity index (χ0) is 13.5. The van der Waals surface area contributed by atoms with Crippen molar-refractivity contribution in [2.45, 2.75) is 27.2 Å². The van der Waals surface area contributed by atoms with Crippen molar-refractivity contribution in [1.82, 2.24) is 20.4 Å². The molecular weight excluding hydrogens is 230 g/mol. The molecule has 1 heterocycles. The molecule has 6 nitrogen and oxygen atoms in total. The summed E-state index contributed by atoms with van der Waals surface area (Å²) in [6.45, 7) is 9.56. The number of likely N-dealkylation sites (N-methyl/N-ethyl adjacent to an activating group) is 1. The first kappa shape index (κ1) is 14.5. The third-order valence-corrected chi connectivity index (χ3v) is 2.91. The van der Waals surface area contributed by atoms with E-state index in [2.05, 4.69) is 34.3 Å². The molecule has 1 aromatic rings. The quantitative estimate of drug-likeness (QED) is 0.669. The fraction of sp³-hybridized carbons (Fsp3) is 0.667. The highest BCUT2D eigenvalue weighted by atomic mass is 16.1. The lowest BCUT2D eigenvalue weighted by molar-refractivity contribution is 0.0944. The molecule has 0 saturated heterocycles. The molecule has 0 aromatic carbocycles. The number of hydrogen-bond acceptors (Lipinski definition) is 4. The number of amides is 1. The van der Waals surface area contributed by atoms with Crippen LogP contribution in [-0.4, -0.2) is 47.2 Å². The lowest BCUT2D eigenvalue weighted by Gasteiger charge is -2.19. The topological polar surface area (TPSA) is 87.0 Å². The van der Waals surface area contributed by atoms with E-state index < -0.39 is 0 Å². The van der Waals surface area contributed by atoms with Gasteiger partial charge in [0.1, 0.15) is 0 Å². The van der Waals surface area contributed by atoms with Crippen molar-refractivity contribution in [3.8, 4) is 0 Å². The third-order valence-electron chi connectivity index (χ3n) is 2.91. The van der Waals surface area contributed by atoms with Crippen LogP contribution < -0.4 is 11.1 Å². The van der Waals surface area contributed by atoms with Gasteiger partial charge in [-0.25, -0.2) is 0 Å². The molecule has 0 aliphatic carbocycles. The predicted octanol–water partition coefficient (Wildman–Crippen LogP) is 0.762. The fourth-order valence-corrected chi connectivity index (χ4v) is 1.77. The van der Waals surface area contributed by atoms with Gasteiger partial charge >= 0.3 is 0 Å². The number of nitrogens with two attached hydrogens (primary N) is 1. The predicted molar refractivity (Wildman–Crippen MR) is 72.5 cm³/mol. The minimum absolute atomic E-state index is 0.218. The molecule has 0 aliphatic heterocycles. The summed E-state index contributed by atoms with van der Waals surface area (Å²) in [5.41, 5.74) is 7.18. The van der Waals surface area contributed by atoms with Gasteiger partial charge in [0.25, 0.3) is 5.91 Å². The standard InChI is InChI=1S/C12H23N5O/c1-4-7-17(5-2)8-6-14-12(18)11-10(13)9(3)15-16-11/h4-8,13H2,1-3H3,(H,14,18)(H,15,16). The van der Waals surface area contributed by atoms with Gasteiger partial charge in [-0.15, -0.1) is 0 Å². The van der Waals surface area contributed by atoms with Gasteiger partial charge in [-0.2, -0.15) is 5.10 Å². The molecule has 0 aliphatic rings. The molecule has 0 radical (unpaired) electrons. The Bertz CT molecular complexity index is 388. The molecule has 0 atom stereocenters. The highest BCUT2D eigenvalue weighted by Crippen LogP contribution is 2.11. The van der Waals surface area contributed by atoms with Gasteiger partial charge in [0.05, 0.1) is 11.4 Å². The molecule has 6 heteroatoms. The normalized spacial score (nSPS) is 10.9. The summed E-state index contributed by atoms with van der Waals surface area (Å²) in [6, 6.07) is 0. The van der Waals surface area contributed by atoms with Gasteiger partial charge in [0.2, 0.25) is 0 Å². The van der Waals surface area contributed by atoms with Gasteiger partial charge in [0.15, 0.2) is 5.69 Å². The summed E-state index contributed by atoms with van der Waals surface area (Å²) in [6.07, 6.45) is 1.12. The van der Waals surface area contributed by atoms with Gasteiger partial charge in [-0.3, -0.25) is 9.89 Å². The molecule has 0 spiro atoms. The van der Waals surface area contributed by atoms with E-state index in [1.54, 1.807) is 6.92 Å². The van der Waals surface area contributed by atoms with Gasteiger partial charge in [-0.05, 0) is 26.4 Å². The molecule has 0 unspecified atom stereocenters. The van der Waals surface area contributed by atoms with E-state index in [1.807, 2.05) is 0 Å². The minimum atomic E-state index is -0.218. The summed E-state index contributed by atoms with van der Waals surface area (Å²) >= 11 is 0. The summed E-state index contributed by atoms with van der Waals surface area (Å²) in [5, 5.41) is 9.43. The molecule has 102 valence electrons. The smallest absolute Gasteiger partial charge is 0.273 e. The summed E-state index contributed by atoms with van der Waals surface area (Å²) < 4.78 is 0. The number of aromatic nitrogens is 2. The maximum absolute atomic E-state index is 11.8. The minimum Gasteiger partial charge on any atom is -0.395 e. The molecule has 0 fully saturated rings. The van der Waals surface area contributed by atoms with Crippen molar-refractivity contribution < 1.29 is 4.79 Å². The first-order valence-electron chi connectivity index (χ1n) is 6.41. The Hall–Kier alpha value is -1.56. The highest BCUT2D eigenvalue weighted by molar-refractivity contribution is 5.97. The Morgan fingerprint density at radius 2 is 2.17 bits per heavy atom. The van der Waals surface area contributed by atoms with Crippen LogP contribution in [0, 0.1) is 6.92 Å². The van der Waals surface area contributed by atoms with Crippen LogP contribution in [0.5, 0.6) is 0 Å². The summed E-state index contributed by atoms with van der Waals surface area (Å²) in [4.78, 5) is 14.1. The Morgan fingerprint density at radius 3 is 2.67 bits per heavy atom. The zero-order valence-electron chi connectivity index (χ0n) is 11.4. The Kier molecular flexibility index (Phi) is 5.64. The highest BCUT2D eigenvalue weighted by Gasteiger charge is 2.14. The first-order chi connectivity index (χ1) is 8.60. The molecule has 1 rings (SSSR count). The largest absolute Gasteiger partial charge is 0.395 e. The first-order valence-corrected chi connectivity index (χ1v) is 6.41. The second-order valence-electron chi connectivity index (χ2n) is 4.30. The average molecular weight is 253 g/mol. The van der Waals surface area contributed by atoms with Gasteiger partial charge < -0.3 is 16.0 Å². The van der Waals surface area contributed by atoms with Crippen molar-refractivity contribution >= 4 is 11.6 Å². The molecule has 4 N–H and O–H groups in total. The second-order valence-corrected chi connectivity index (χ2v) is 4.30. The number of hydrogen-bond donors (Lipinski definition) is 3. The van der Waals surface area contributed by atoms with E-state index in [9.17, 15) is 4.79 Å². The number of anilines is 1. The lowest BCUT2D eigenvalue weighted by atomic mass is 10.3. The van der Waals surface area contributed by atoms with E-state index in [-0.39, 0.29) is 11.6 Å². The third kappa shape index (κ3) is 3.73. The number of aromatic amines is 1. The molecule has 0 bridgehead atoms. The van der Waals surface area contributed by atoms with Crippen molar-refractivity contribution in [1.29, 1.82) is 0 Å². The van der Waals surface area contributed by atoms with Crippen LogP contribution in [0.2, 0.25) is 0 Å². The van der Waals surface area contributed by atoms with Crippen molar-refractivity contribution in [3.63, 3.8) is 0 Å². The monoisotopic (exact) mass is 253 g/mol. The number of H-pyrrole nitrogens is 1. The molecule has 0 saturated carbocycles. The van der Waals surface area contributed by atoms with Gasteiger partial charge in [0, 0.05) is 13.1 Å². The number of nitrogens with one attached hydrogen (secondary N) is 2. The molecular formula is C12H23N5O. The van der Waals surface area contributed by atoms with Crippen LogP contribution in [0.25, 0.3) is 0 Å². The Labute approximate surface area is 108 Å². The van der Waals surface area contributed by atoms with Crippen molar-refractivity contribution in [3.05, 3.63) is 11.4 Å². The molecule has 1 aromatic heterocycles. The fourth-order valence-electron chi connectivity index (χ4n) is 1.77. The van der Waals surface area contributed by atoms with Crippen LogP contribution in [0.4, 0.5) is 5.69 Å². The second kappa shape index (κ2) is 7.00. The average Bonchev–Trinajstić information content (AvgIpc) is 2.69. The number of nitrogens with zero attached hydrogens (tertiary/aromatic N) is 2. The number of aryl methyl sites for hydroxylation is 1. The SMILES string of the molecule is CCCN(CC)CCNC(=O)c1n[nH]c(C)c1N. The van der Waals surface area contributed by atoms with E-state index in [1.165, 1.54) is 0 Å². The molecule has 18 heavy (non-hydrogen) atoms. The van der Waals surface area contributed by atoms with E-state index >= 15 is 0 Å². The number of carbonyl (C=O) groups is 1. The van der Waals surface area contributed by atoms with Crippen LogP contribution in [0.1, 0.15) is 36.5 Å². The Morgan fingerprint density at radius 1 is 1.44 bits per heavy atom. The van der Waals surface area contributed by atoms with E-state index in [4.69, 9.17) is 5.73 Å². The molecule has 1 amide bonds. The number of nitrogen functional groups attached to an aromatic ring is 1. The van der Waals surface area contributed by atoms with E-state index in [0.29, 0.717) is 12.2 Å². The van der Waals surface area contributed by atoms with Gasteiger partial charge in [-0.1, -0.05) is 13.8 Å². The van der Waals surface area contributed by atoms with Crippen LogP contribution in [0.3, 0.4) is 0 Å². The zero-order valence-corrected chi connectivity index (χ0v) is 11.4. The lowest BCUT2D eigenvalue weighted by Crippen LogP contribution is -2.35.